The largest absolute Gasteiger partial charge is 0.487 e. The van der Waals surface area contributed by atoms with E-state index in [0.29, 0.717) is 23.6 Å². The minimum Gasteiger partial charge on any atom is -0.487 e. The third-order valence-electron chi connectivity index (χ3n) is 2.97. The Morgan fingerprint density at radius 3 is 2.67 bits per heavy atom. The lowest BCUT2D eigenvalue weighted by Gasteiger charge is -2.13. The highest BCUT2D eigenvalue weighted by Crippen LogP contribution is 2.26. The van der Waals surface area contributed by atoms with Gasteiger partial charge in [0.25, 0.3) is 0 Å². The number of hydrogen-bond donors (Lipinski definition) is 2. The van der Waals surface area contributed by atoms with Gasteiger partial charge in [0.15, 0.2) is 0 Å². The summed E-state index contributed by atoms with van der Waals surface area (Å²) in [6.45, 7) is 0.395. The Balaban J connectivity index is 2.03. The molecule has 1 unspecified atom stereocenters. The van der Waals surface area contributed by atoms with Crippen molar-refractivity contribution >= 4 is 5.69 Å². The van der Waals surface area contributed by atoms with Crippen LogP contribution in [-0.4, -0.2) is 11.7 Å². The van der Waals surface area contributed by atoms with Crippen molar-refractivity contribution in [2.45, 2.75) is 12.7 Å². The van der Waals surface area contributed by atoms with Crippen LogP contribution in [0.25, 0.3) is 10.4 Å². The van der Waals surface area contributed by atoms with Gasteiger partial charge in [-0.3, -0.25) is 0 Å². The van der Waals surface area contributed by atoms with Gasteiger partial charge in [-0.05, 0) is 28.8 Å². The van der Waals surface area contributed by atoms with E-state index in [4.69, 9.17) is 16.0 Å². The van der Waals surface area contributed by atoms with Gasteiger partial charge in [0.1, 0.15) is 12.4 Å². The van der Waals surface area contributed by atoms with Crippen molar-refractivity contribution in [2.24, 2.45) is 5.11 Å². The van der Waals surface area contributed by atoms with Crippen molar-refractivity contribution in [3.8, 4) is 5.75 Å². The lowest BCUT2D eigenvalue weighted by molar-refractivity contribution is 0.186. The number of azide groups is 1. The molecule has 21 heavy (non-hydrogen) atoms. The van der Waals surface area contributed by atoms with Crippen LogP contribution in [0.2, 0.25) is 0 Å². The predicted octanol–water partition coefficient (Wildman–Crippen LogP) is 3.19. The van der Waals surface area contributed by atoms with E-state index in [1.807, 2.05) is 30.3 Å². The van der Waals surface area contributed by atoms with Gasteiger partial charge < -0.3 is 15.6 Å². The standard InChI is InChI=1S/C15H16N4O2/c16-13-8-12(14(20)9-18-19-17)6-7-15(13)21-10-11-4-2-1-3-5-11/h1-8,14,20H,9-10,16H2. The second-order valence-corrected chi connectivity index (χ2v) is 4.50. The van der Waals surface area contributed by atoms with Crippen molar-refractivity contribution in [1.82, 2.24) is 0 Å². The Kier molecular flexibility index (Phi) is 5.04. The van der Waals surface area contributed by atoms with E-state index in [9.17, 15) is 5.11 Å². The molecule has 6 nitrogen and oxygen atoms in total. The summed E-state index contributed by atoms with van der Waals surface area (Å²) in [6.07, 6.45) is -0.869. The van der Waals surface area contributed by atoms with Gasteiger partial charge in [-0.15, -0.1) is 0 Å². The number of benzene rings is 2. The van der Waals surface area contributed by atoms with Gasteiger partial charge >= 0.3 is 0 Å². The van der Waals surface area contributed by atoms with Crippen LogP contribution in [0.4, 0.5) is 5.69 Å². The molecule has 0 aliphatic rings. The highest BCUT2D eigenvalue weighted by molar-refractivity contribution is 5.54. The zero-order valence-corrected chi connectivity index (χ0v) is 11.4. The Bertz CT molecular complexity index is 639. The normalized spacial score (nSPS) is 11.5. The summed E-state index contributed by atoms with van der Waals surface area (Å²) in [5, 5.41) is 13.1. The molecule has 108 valence electrons. The monoisotopic (exact) mass is 284 g/mol. The molecular weight excluding hydrogens is 268 g/mol. The lowest BCUT2D eigenvalue weighted by atomic mass is 10.1. The highest BCUT2D eigenvalue weighted by Gasteiger charge is 2.09. The molecule has 0 saturated carbocycles. The van der Waals surface area contributed by atoms with E-state index < -0.39 is 6.10 Å². The number of nitrogen functional groups attached to an aromatic ring is 1. The SMILES string of the molecule is [N-]=[N+]=NCC(O)c1ccc(OCc2ccccc2)c(N)c1. The van der Waals surface area contributed by atoms with E-state index in [1.165, 1.54) is 0 Å². The molecule has 0 bridgehead atoms. The van der Waals surface area contributed by atoms with E-state index in [2.05, 4.69) is 10.0 Å². The molecule has 0 spiro atoms. The molecule has 0 aliphatic heterocycles. The van der Waals surface area contributed by atoms with Crippen LogP contribution < -0.4 is 10.5 Å². The first-order chi connectivity index (χ1) is 10.2. The molecule has 0 fully saturated rings. The highest BCUT2D eigenvalue weighted by atomic mass is 16.5. The quantitative estimate of drug-likeness (QED) is 0.368. The second kappa shape index (κ2) is 7.19. The summed E-state index contributed by atoms with van der Waals surface area (Å²) in [4.78, 5) is 2.61. The van der Waals surface area contributed by atoms with Gasteiger partial charge in [-0.2, -0.15) is 0 Å². The van der Waals surface area contributed by atoms with Crippen molar-refractivity contribution in [3.63, 3.8) is 0 Å². The maximum absolute atomic E-state index is 9.81. The van der Waals surface area contributed by atoms with Gasteiger partial charge in [-0.25, -0.2) is 0 Å². The molecule has 0 aliphatic carbocycles. The first-order valence-corrected chi connectivity index (χ1v) is 6.46. The molecular formula is C15H16N4O2. The van der Waals surface area contributed by atoms with Crippen LogP contribution in [0, 0.1) is 0 Å². The maximum atomic E-state index is 9.81. The third-order valence-corrected chi connectivity index (χ3v) is 2.97. The number of nitrogens with two attached hydrogens (primary N) is 1. The van der Waals surface area contributed by atoms with Crippen molar-refractivity contribution in [1.29, 1.82) is 0 Å². The lowest BCUT2D eigenvalue weighted by Crippen LogP contribution is -2.04. The molecule has 3 N–H and O–H groups in total. The summed E-state index contributed by atoms with van der Waals surface area (Å²) in [7, 11) is 0. The number of ether oxygens (including phenoxy) is 1. The average Bonchev–Trinajstić information content (AvgIpc) is 2.52. The summed E-state index contributed by atoms with van der Waals surface area (Å²) >= 11 is 0. The van der Waals surface area contributed by atoms with Gasteiger partial charge in [0, 0.05) is 4.91 Å². The minimum absolute atomic E-state index is 0.0276. The Morgan fingerprint density at radius 1 is 1.24 bits per heavy atom. The van der Waals surface area contributed by atoms with Crippen LogP contribution in [0.3, 0.4) is 0 Å². The number of aliphatic hydroxyl groups excluding tert-OH is 1. The van der Waals surface area contributed by atoms with Gasteiger partial charge in [0.2, 0.25) is 0 Å². The molecule has 2 aromatic rings. The molecule has 0 amide bonds. The molecule has 2 rings (SSSR count). The van der Waals surface area contributed by atoms with E-state index in [0.717, 1.165) is 5.56 Å². The fourth-order valence-electron chi connectivity index (χ4n) is 1.86. The van der Waals surface area contributed by atoms with Gasteiger partial charge in [0.05, 0.1) is 18.3 Å². The van der Waals surface area contributed by atoms with Crippen molar-refractivity contribution in [3.05, 3.63) is 70.1 Å². The molecule has 0 aromatic heterocycles. The number of aliphatic hydroxyl groups is 1. The van der Waals surface area contributed by atoms with Crippen LogP contribution in [0.1, 0.15) is 17.2 Å². The number of rotatable bonds is 6. The van der Waals surface area contributed by atoms with E-state index >= 15 is 0 Å². The molecule has 0 heterocycles. The molecule has 0 saturated heterocycles. The summed E-state index contributed by atoms with van der Waals surface area (Å²) in [6, 6.07) is 14.8. The first kappa shape index (κ1) is 14.7. The Morgan fingerprint density at radius 2 is 2.00 bits per heavy atom. The molecule has 2 aromatic carbocycles. The van der Waals surface area contributed by atoms with E-state index in [-0.39, 0.29) is 6.54 Å². The second-order valence-electron chi connectivity index (χ2n) is 4.50. The minimum atomic E-state index is -0.869. The van der Waals surface area contributed by atoms with Crippen LogP contribution >= 0.6 is 0 Å². The van der Waals surface area contributed by atoms with E-state index in [1.54, 1.807) is 18.2 Å². The topological polar surface area (TPSA) is 104 Å². The zero-order valence-electron chi connectivity index (χ0n) is 11.4. The van der Waals surface area contributed by atoms with Crippen molar-refractivity contribution < 1.29 is 9.84 Å². The Hall–Kier alpha value is -2.69. The smallest absolute Gasteiger partial charge is 0.142 e. The first-order valence-electron chi connectivity index (χ1n) is 6.46. The van der Waals surface area contributed by atoms with Crippen LogP contribution in [-0.2, 0) is 6.61 Å². The number of nitrogens with zero attached hydrogens (tertiary/aromatic N) is 3. The summed E-state index contributed by atoms with van der Waals surface area (Å²) in [5.41, 5.74) is 16.2. The predicted molar refractivity (Wildman–Crippen MR) is 80.6 cm³/mol. The fraction of sp³-hybridized carbons (Fsp3) is 0.200. The number of hydrogen-bond acceptors (Lipinski definition) is 4. The average molecular weight is 284 g/mol. The molecule has 6 heteroatoms. The molecule has 1 atom stereocenters. The third kappa shape index (κ3) is 4.14. The molecule has 0 radical (unpaired) electrons. The van der Waals surface area contributed by atoms with Crippen molar-refractivity contribution in [2.75, 3.05) is 12.3 Å². The Labute approximate surface area is 122 Å². The zero-order chi connectivity index (χ0) is 15.1. The maximum Gasteiger partial charge on any atom is 0.142 e. The fourth-order valence-corrected chi connectivity index (χ4v) is 1.86. The van der Waals surface area contributed by atoms with Gasteiger partial charge in [-0.1, -0.05) is 41.5 Å². The van der Waals surface area contributed by atoms with Crippen LogP contribution in [0.5, 0.6) is 5.75 Å². The number of anilines is 1. The summed E-state index contributed by atoms with van der Waals surface area (Å²) in [5.74, 6) is 0.554. The van der Waals surface area contributed by atoms with Crippen LogP contribution in [0.15, 0.2) is 53.6 Å². The summed E-state index contributed by atoms with van der Waals surface area (Å²) < 4.78 is 5.65.